The monoisotopic (exact) mass is 261 g/mol. The molecule has 5 heteroatoms. The van der Waals surface area contributed by atoms with Crippen molar-refractivity contribution in [1.82, 2.24) is 14.9 Å². The standard InChI is InChI=1S/C14H19N3O2/c1-10(5-14(18)19)7-15-8-11-3-4-13-12(6-11)16-9-17(13)2/h3-4,6,9-10,15H,5,7-8H2,1-2H3,(H,18,19). The molecule has 0 aliphatic carbocycles. The number of nitrogens with one attached hydrogen (secondary N) is 1. The number of hydrogen-bond donors (Lipinski definition) is 2. The predicted octanol–water partition coefficient (Wildman–Crippen LogP) is 1.77. The summed E-state index contributed by atoms with van der Waals surface area (Å²) in [5.74, 6) is -0.611. The summed E-state index contributed by atoms with van der Waals surface area (Å²) in [7, 11) is 1.97. The molecule has 1 aromatic carbocycles. The van der Waals surface area contributed by atoms with Crippen molar-refractivity contribution in [2.24, 2.45) is 13.0 Å². The van der Waals surface area contributed by atoms with Crippen molar-refractivity contribution in [1.29, 1.82) is 0 Å². The van der Waals surface area contributed by atoms with E-state index in [2.05, 4.69) is 28.5 Å². The zero-order chi connectivity index (χ0) is 13.8. The number of fused-ring (bicyclic) bond motifs is 1. The van der Waals surface area contributed by atoms with Gasteiger partial charge < -0.3 is 15.0 Å². The second kappa shape index (κ2) is 5.84. The van der Waals surface area contributed by atoms with E-state index in [9.17, 15) is 4.79 Å². The molecule has 5 nitrogen and oxygen atoms in total. The van der Waals surface area contributed by atoms with Crippen LogP contribution >= 0.6 is 0 Å². The Morgan fingerprint density at radius 3 is 3.05 bits per heavy atom. The van der Waals surface area contributed by atoms with E-state index < -0.39 is 5.97 Å². The highest BCUT2D eigenvalue weighted by Gasteiger charge is 2.07. The van der Waals surface area contributed by atoms with E-state index in [1.165, 1.54) is 0 Å². The lowest BCUT2D eigenvalue weighted by Crippen LogP contribution is -2.22. The van der Waals surface area contributed by atoms with Crippen molar-refractivity contribution >= 4 is 17.0 Å². The fourth-order valence-corrected chi connectivity index (χ4v) is 2.12. The Bertz CT molecular complexity index is 577. The summed E-state index contributed by atoms with van der Waals surface area (Å²) in [6.07, 6.45) is 2.00. The van der Waals surface area contributed by atoms with Crippen molar-refractivity contribution in [3.8, 4) is 0 Å². The van der Waals surface area contributed by atoms with E-state index in [-0.39, 0.29) is 12.3 Å². The summed E-state index contributed by atoms with van der Waals surface area (Å²) in [5, 5.41) is 12.0. The van der Waals surface area contributed by atoms with Crippen LogP contribution < -0.4 is 5.32 Å². The molecule has 2 rings (SSSR count). The second-order valence-electron chi connectivity index (χ2n) is 5.01. The molecule has 19 heavy (non-hydrogen) atoms. The van der Waals surface area contributed by atoms with Crippen LogP contribution in [-0.4, -0.2) is 27.2 Å². The van der Waals surface area contributed by atoms with E-state index >= 15 is 0 Å². The van der Waals surface area contributed by atoms with Crippen LogP contribution in [0.5, 0.6) is 0 Å². The minimum atomic E-state index is -0.746. The van der Waals surface area contributed by atoms with Gasteiger partial charge >= 0.3 is 5.97 Å². The van der Waals surface area contributed by atoms with Gasteiger partial charge in [0.2, 0.25) is 0 Å². The molecular formula is C14H19N3O2. The number of carboxylic acids is 1. The van der Waals surface area contributed by atoms with Gasteiger partial charge in [0.1, 0.15) is 0 Å². The van der Waals surface area contributed by atoms with Gasteiger partial charge in [0.15, 0.2) is 0 Å². The van der Waals surface area contributed by atoms with Crippen molar-refractivity contribution in [2.75, 3.05) is 6.54 Å². The lowest BCUT2D eigenvalue weighted by atomic mass is 10.1. The van der Waals surface area contributed by atoms with E-state index in [1.807, 2.05) is 18.5 Å². The summed E-state index contributed by atoms with van der Waals surface area (Å²) >= 11 is 0. The van der Waals surface area contributed by atoms with Crippen LogP contribution in [0.1, 0.15) is 18.9 Å². The van der Waals surface area contributed by atoms with Gasteiger partial charge in [-0.2, -0.15) is 0 Å². The van der Waals surface area contributed by atoms with Gasteiger partial charge in [-0.25, -0.2) is 4.98 Å². The Hall–Kier alpha value is -1.88. The number of hydrogen-bond acceptors (Lipinski definition) is 3. The second-order valence-corrected chi connectivity index (χ2v) is 5.01. The number of carbonyl (C=O) groups is 1. The third-order valence-electron chi connectivity index (χ3n) is 3.13. The van der Waals surface area contributed by atoms with Gasteiger partial charge in [-0.3, -0.25) is 4.79 Å². The maximum Gasteiger partial charge on any atom is 0.303 e. The summed E-state index contributed by atoms with van der Waals surface area (Å²) in [6, 6.07) is 6.18. The largest absolute Gasteiger partial charge is 0.481 e. The van der Waals surface area contributed by atoms with E-state index in [0.717, 1.165) is 23.1 Å². The lowest BCUT2D eigenvalue weighted by molar-refractivity contribution is -0.137. The highest BCUT2D eigenvalue weighted by molar-refractivity contribution is 5.75. The first-order valence-electron chi connectivity index (χ1n) is 6.38. The number of carboxylic acid groups (broad SMARTS) is 1. The number of benzene rings is 1. The van der Waals surface area contributed by atoms with Crippen molar-refractivity contribution in [2.45, 2.75) is 19.9 Å². The zero-order valence-electron chi connectivity index (χ0n) is 11.3. The van der Waals surface area contributed by atoms with E-state index in [1.54, 1.807) is 6.33 Å². The van der Waals surface area contributed by atoms with Crippen LogP contribution in [0.15, 0.2) is 24.5 Å². The minimum Gasteiger partial charge on any atom is -0.481 e. The maximum absolute atomic E-state index is 10.6. The Morgan fingerprint density at radius 2 is 2.32 bits per heavy atom. The molecule has 0 aliphatic rings. The van der Waals surface area contributed by atoms with Crippen LogP contribution in [0.4, 0.5) is 0 Å². The van der Waals surface area contributed by atoms with Crippen molar-refractivity contribution < 1.29 is 9.90 Å². The molecule has 0 amide bonds. The number of aryl methyl sites for hydroxylation is 1. The summed E-state index contributed by atoms with van der Waals surface area (Å²) in [5.41, 5.74) is 3.26. The van der Waals surface area contributed by atoms with Crippen LogP contribution in [0.3, 0.4) is 0 Å². The molecular weight excluding hydrogens is 242 g/mol. The average Bonchev–Trinajstić information content (AvgIpc) is 2.70. The summed E-state index contributed by atoms with van der Waals surface area (Å²) < 4.78 is 1.99. The topological polar surface area (TPSA) is 67.2 Å². The molecule has 1 atom stereocenters. The Balaban J connectivity index is 1.89. The third kappa shape index (κ3) is 3.54. The van der Waals surface area contributed by atoms with Gasteiger partial charge in [0.05, 0.1) is 17.4 Å². The fraction of sp³-hybridized carbons (Fsp3) is 0.429. The van der Waals surface area contributed by atoms with E-state index in [4.69, 9.17) is 5.11 Å². The van der Waals surface area contributed by atoms with Crippen molar-refractivity contribution in [3.63, 3.8) is 0 Å². The van der Waals surface area contributed by atoms with Gasteiger partial charge in [-0.05, 0) is 30.2 Å². The highest BCUT2D eigenvalue weighted by atomic mass is 16.4. The number of aromatic nitrogens is 2. The van der Waals surface area contributed by atoms with Crippen LogP contribution in [0, 0.1) is 5.92 Å². The molecule has 0 aliphatic heterocycles. The number of nitrogens with zero attached hydrogens (tertiary/aromatic N) is 2. The minimum absolute atomic E-state index is 0.135. The first kappa shape index (κ1) is 13.5. The highest BCUT2D eigenvalue weighted by Crippen LogP contribution is 2.13. The van der Waals surface area contributed by atoms with Gasteiger partial charge in [-0.15, -0.1) is 0 Å². The van der Waals surface area contributed by atoms with Crippen LogP contribution in [0.25, 0.3) is 11.0 Å². The van der Waals surface area contributed by atoms with Crippen LogP contribution in [-0.2, 0) is 18.4 Å². The van der Waals surface area contributed by atoms with Gasteiger partial charge in [0.25, 0.3) is 0 Å². The van der Waals surface area contributed by atoms with Gasteiger partial charge in [-0.1, -0.05) is 13.0 Å². The smallest absolute Gasteiger partial charge is 0.303 e. The molecule has 2 aromatic rings. The summed E-state index contributed by atoms with van der Waals surface area (Å²) in [6.45, 7) is 3.37. The molecule has 102 valence electrons. The molecule has 1 aromatic heterocycles. The molecule has 1 heterocycles. The first-order chi connectivity index (χ1) is 9.06. The Kier molecular flexibility index (Phi) is 4.16. The van der Waals surface area contributed by atoms with Crippen molar-refractivity contribution in [3.05, 3.63) is 30.1 Å². The molecule has 0 bridgehead atoms. The quantitative estimate of drug-likeness (QED) is 0.831. The number of rotatable bonds is 6. The van der Waals surface area contributed by atoms with E-state index in [0.29, 0.717) is 6.54 Å². The van der Waals surface area contributed by atoms with Gasteiger partial charge in [0, 0.05) is 20.0 Å². The molecule has 2 N–H and O–H groups in total. The summed E-state index contributed by atoms with van der Waals surface area (Å²) in [4.78, 5) is 14.9. The predicted molar refractivity (Wildman–Crippen MR) is 73.8 cm³/mol. The fourth-order valence-electron chi connectivity index (χ4n) is 2.12. The molecule has 0 fully saturated rings. The number of imidazole rings is 1. The molecule has 1 unspecified atom stereocenters. The maximum atomic E-state index is 10.6. The molecule has 0 saturated carbocycles. The molecule has 0 saturated heterocycles. The average molecular weight is 261 g/mol. The third-order valence-corrected chi connectivity index (χ3v) is 3.13. The SMILES string of the molecule is CC(CNCc1ccc2c(c1)ncn2C)CC(=O)O. The lowest BCUT2D eigenvalue weighted by Gasteiger charge is -2.10. The Labute approximate surface area is 112 Å². The Morgan fingerprint density at radius 1 is 1.53 bits per heavy atom. The molecule has 0 spiro atoms. The number of aliphatic carboxylic acids is 1. The van der Waals surface area contributed by atoms with Crippen LogP contribution in [0.2, 0.25) is 0 Å². The normalized spacial score (nSPS) is 12.7. The first-order valence-corrected chi connectivity index (χ1v) is 6.38. The molecule has 0 radical (unpaired) electrons. The zero-order valence-corrected chi connectivity index (χ0v) is 11.3.